The van der Waals surface area contributed by atoms with Gasteiger partial charge in [-0.3, -0.25) is 4.68 Å². The average molecular weight is 331 g/mol. The SMILES string of the molecule is Cn1cc(C(CN)Oc2cc(Br)ccc2Cl)cn1. The van der Waals surface area contributed by atoms with Gasteiger partial charge in [0.05, 0.1) is 11.2 Å². The number of nitrogens with two attached hydrogens (primary N) is 1. The molecular weight excluding hydrogens is 318 g/mol. The molecule has 0 amide bonds. The van der Waals surface area contributed by atoms with E-state index in [-0.39, 0.29) is 6.10 Å². The Balaban J connectivity index is 2.22. The Morgan fingerprint density at radius 1 is 1.56 bits per heavy atom. The van der Waals surface area contributed by atoms with Crippen LogP contribution in [0.3, 0.4) is 0 Å². The van der Waals surface area contributed by atoms with Gasteiger partial charge >= 0.3 is 0 Å². The minimum Gasteiger partial charge on any atom is -0.483 e. The lowest BCUT2D eigenvalue weighted by molar-refractivity contribution is 0.214. The van der Waals surface area contributed by atoms with E-state index in [4.69, 9.17) is 22.1 Å². The molecule has 1 unspecified atom stereocenters. The van der Waals surface area contributed by atoms with E-state index in [9.17, 15) is 0 Å². The number of halogens is 2. The maximum Gasteiger partial charge on any atom is 0.140 e. The first-order valence-corrected chi connectivity index (χ1v) is 6.57. The highest BCUT2D eigenvalue weighted by Crippen LogP contribution is 2.31. The molecule has 2 aromatic rings. The van der Waals surface area contributed by atoms with Crippen LogP contribution in [0, 0.1) is 0 Å². The third kappa shape index (κ3) is 3.04. The van der Waals surface area contributed by atoms with Gasteiger partial charge in [-0.05, 0) is 18.2 Å². The predicted octanol–water partition coefficient (Wildman–Crippen LogP) is 2.91. The standard InChI is InChI=1S/C12H13BrClN3O/c1-17-7-8(6-16-17)12(5-15)18-11-4-9(13)2-3-10(11)14/h2-4,6-7,12H,5,15H2,1H3. The van der Waals surface area contributed by atoms with E-state index >= 15 is 0 Å². The molecule has 0 saturated carbocycles. The highest BCUT2D eigenvalue weighted by atomic mass is 79.9. The van der Waals surface area contributed by atoms with Crippen molar-refractivity contribution in [3.63, 3.8) is 0 Å². The quantitative estimate of drug-likeness (QED) is 0.938. The van der Waals surface area contributed by atoms with Gasteiger partial charge in [0, 0.05) is 29.8 Å². The zero-order chi connectivity index (χ0) is 13.1. The monoisotopic (exact) mass is 329 g/mol. The fourth-order valence-corrected chi connectivity index (χ4v) is 2.08. The Morgan fingerprint density at radius 2 is 2.33 bits per heavy atom. The van der Waals surface area contributed by atoms with Gasteiger partial charge in [0.2, 0.25) is 0 Å². The number of hydrogen-bond acceptors (Lipinski definition) is 3. The second kappa shape index (κ2) is 5.73. The fraction of sp³-hybridized carbons (Fsp3) is 0.250. The molecular formula is C12H13BrClN3O. The fourth-order valence-electron chi connectivity index (χ4n) is 1.58. The zero-order valence-corrected chi connectivity index (χ0v) is 12.1. The molecule has 1 atom stereocenters. The molecule has 2 N–H and O–H groups in total. The zero-order valence-electron chi connectivity index (χ0n) is 9.81. The molecule has 6 heteroatoms. The lowest BCUT2D eigenvalue weighted by Gasteiger charge is -2.17. The van der Waals surface area contributed by atoms with Crippen LogP contribution in [0.4, 0.5) is 0 Å². The van der Waals surface area contributed by atoms with Crippen LogP contribution in [0.25, 0.3) is 0 Å². The highest BCUT2D eigenvalue weighted by molar-refractivity contribution is 9.10. The van der Waals surface area contributed by atoms with Gasteiger partial charge in [0.1, 0.15) is 11.9 Å². The van der Waals surface area contributed by atoms with E-state index in [0.29, 0.717) is 17.3 Å². The molecule has 0 bridgehead atoms. The van der Waals surface area contributed by atoms with Crippen molar-refractivity contribution >= 4 is 27.5 Å². The maximum atomic E-state index is 6.08. The third-order valence-electron chi connectivity index (χ3n) is 2.47. The van der Waals surface area contributed by atoms with Crippen LogP contribution in [-0.2, 0) is 7.05 Å². The number of ether oxygens (including phenoxy) is 1. The Kier molecular flexibility index (Phi) is 4.27. The summed E-state index contributed by atoms with van der Waals surface area (Å²) < 4.78 is 8.45. The minimum atomic E-state index is -0.259. The number of benzene rings is 1. The lowest BCUT2D eigenvalue weighted by atomic mass is 10.2. The second-order valence-corrected chi connectivity index (χ2v) is 5.19. The van der Waals surface area contributed by atoms with Gasteiger partial charge in [-0.1, -0.05) is 27.5 Å². The largest absolute Gasteiger partial charge is 0.483 e. The summed E-state index contributed by atoms with van der Waals surface area (Å²) in [6.45, 7) is 0.356. The lowest BCUT2D eigenvalue weighted by Crippen LogP contribution is -2.18. The molecule has 0 saturated heterocycles. The molecule has 0 radical (unpaired) electrons. The first-order chi connectivity index (χ1) is 8.60. The Bertz CT molecular complexity index is 544. The summed E-state index contributed by atoms with van der Waals surface area (Å²) in [6, 6.07) is 5.45. The van der Waals surface area contributed by atoms with E-state index in [1.54, 1.807) is 16.9 Å². The second-order valence-electron chi connectivity index (χ2n) is 3.86. The van der Waals surface area contributed by atoms with Crippen molar-refractivity contribution in [2.45, 2.75) is 6.10 Å². The summed E-state index contributed by atoms with van der Waals surface area (Å²) in [5.74, 6) is 0.602. The van der Waals surface area contributed by atoms with Crippen molar-refractivity contribution in [1.29, 1.82) is 0 Å². The number of rotatable bonds is 4. The molecule has 1 heterocycles. The Hall–Kier alpha value is -1.04. The van der Waals surface area contributed by atoms with Gasteiger partial charge in [-0.2, -0.15) is 5.10 Å². The summed E-state index contributed by atoms with van der Waals surface area (Å²) in [6.07, 6.45) is 3.36. The predicted molar refractivity (Wildman–Crippen MR) is 74.8 cm³/mol. The van der Waals surface area contributed by atoms with Crippen LogP contribution in [0.15, 0.2) is 35.1 Å². The number of nitrogens with zero attached hydrogens (tertiary/aromatic N) is 2. The summed E-state index contributed by atoms with van der Waals surface area (Å²) in [4.78, 5) is 0. The van der Waals surface area contributed by atoms with Crippen molar-refractivity contribution in [3.8, 4) is 5.75 Å². The van der Waals surface area contributed by atoms with Crippen LogP contribution in [0.1, 0.15) is 11.7 Å². The highest BCUT2D eigenvalue weighted by Gasteiger charge is 2.15. The molecule has 0 aliphatic rings. The van der Waals surface area contributed by atoms with Crippen LogP contribution in [0.5, 0.6) is 5.75 Å². The van der Waals surface area contributed by atoms with Gasteiger partial charge in [-0.25, -0.2) is 0 Å². The molecule has 0 fully saturated rings. The molecule has 1 aromatic carbocycles. The summed E-state index contributed by atoms with van der Waals surface area (Å²) in [7, 11) is 1.85. The topological polar surface area (TPSA) is 53.1 Å². The van der Waals surface area contributed by atoms with Crippen LogP contribution in [0.2, 0.25) is 5.02 Å². The maximum absolute atomic E-state index is 6.08. The molecule has 1 aromatic heterocycles. The van der Waals surface area contributed by atoms with Crippen LogP contribution >= 0.6 is 27.5 Å². The van der Waals surface area contributed by atoms with Gasteiger partial charge in [-0.15, -0.1) is 0 Å². The Labute approximate surface area is 119 Å². The van der Waals surface area contributed by atoms with Crippen molar-refractivity contribution in [2.24, 2.45) is 12.8 Å². The van der Waals surface area contributed by atoms with Crippen LogP contribution < -0.4 is 10.5 Å². The molecule has 96 valence electrons. The van der Waals surface area contributed by atoms with Gasteiger partial charge in [0.15, 0.2) is 0 Å². The smallest absolute Gasteiger partial charge is 0.140 e. The van der Waals surface area contributed by atoms with Gasteiger partial charge in [0.25, 0.3) is 0 Å². The van der Waals surface area contributed by atoms with E-state index in [2.05, 4.69) is 21.0 Å². The number of aryl methyl sites for hydroxylation is 1. The van der Waals surface area contributed by atoms with Crippen molar-refractivity contribution in [3.05, 3.63) is 45.7 Å². The molecule has 18 heavy (non-hydrogen) atoms. The molecule has 0 aliphatic carbocycles. The molecule has 0 spiro atoms. The Morgan fingerprint density at radius 3 is 2.94 bits per heavy atom. The first-order valence-electron chi connectivity index (χ1n) is 5.40. The van der Waals surface area contributed by atoms with Gasteiger partial charge < -0.3 is 10.5 Å². The number of hydrogen-bond donors (Lipinski definition) is 1. The third-order valence-corrected chi connectivity index (χ3v) is 3.28. The summed E-state index contributed by atoms with van der Waals surface area (Å²) in [5, 5.41) is 4.66. The molecule has 0 aliphatic heterocycles. The van der Waals surface area contributed by atoms with Crippen molar-refractivity contribution in [2.75, 3.05) is 6.54 Å². The van der Waals surface area contributed by atoms with Crippen LogP contribution in [-0.4, -0.2) is 16.3 Å². The van der Waals surface area contributed by atoms with Crippen molar-refractivity contribution < 1.29 is 4.74 Å². The van der Waals surface area contributed by atoms with Crippen molar-refractivity contribution in [1.82, 2.24) is 9.78 Å². The first kappa shape index (κ1) is 13.4. The van der Waals surface area contributed by atoms with E-state index in [1.807, 2.05) is 25.4 Å². The normalized spacial score (nSPS) is 12.4. The van der Waals surface area contributed by atoms with E-state index < -0.39 is 0 Å². The number of aromatic nitrogens is 2. The average Bonchev–Trinajstić information content (AvgIpc) is 2.77. The summed E-state index contributed by atoms with van der Waals surface area (Å²) >= 11 is 9.46. The van der Waals surface area contributed by atoms with E-state index in [0.717, 1.165) is 10.0 Å². The molecule has 2 rings (SSSR count). The van der Waals surface area contributed by atoms with E-state index in [1.165, 1.54) is 0 Å². The minimum absolute atomic E-state index is 0.259. The summed E-state index contributed by atoms with van der Waals surface area (Å²) in [5.41, 5.74) is 6.66. The molecule has 4 nitrogen and oxygen atoms in total.